The molecule has 0 radical (unpaired) electrons. The van der Waals surface area contributed by atoms with Crippen LogP contribution >= 0.6 is 0 Å². The molecule has 0 aromatic heterocycles. The first-order valence-corrected chi connectivity index (χ1v) is 4.60. The van der Waals surface area contributed by atoms with E-state index in [1.54, 1.807) is 6.92 Å². The first-order valence-electron chi connectivity index (χ1n) is 4.60. The Kier molecular flexibility index (Phi) is 3.50. The van der Waals surface area contributed by atoms with E-state index < -0.39 is 0 Å². The van der Waals surface area contributed by atoms with Crippen LogP contribution in [0, 0.1) is 11.8 Å². The van der Waals surface area contributed by atoms with Crippen molar-refractivity contribution in [3.05, 3.63) is 0 Å². The lowest BCUT2D eigenvalue weighted by atomic mass is 9.84. The van der Waals surface area contributed by atoms with Crippen molar-refractivity contribution in [3.8, 4) is 0 Å². The molecule has 1 saturated heterocycles. The van der Waals surface area contributed by atoms with Crippen LogP contribution in [-0.4, -0.2) is 35.6 Å². The molecule has 1 fully saturated rings. The molecular formula is C9H18O3. The zero-order valence-corrected chi connectivity index (χ0v) is 7.73. The summed E-state index contributed by atoms with van der Waals surface area (Å²) < 4.78 is 5.14. The molecule has 1 rings (SSSR count). The Morgan fingerprint density at radius 2 is 2.17 bits per heavy atom. The zero-order chi connectivity index (χ0) is 9.14. The van der Waals surface area contributed by atoms with Crippen LogP contribution in [-0.2, 0) is 4.74 Å². The van der Waals surface area contributed by atoms with Gasteiger partial charge in [0, 0.05) is 5.92 Å². The van der Waals surface area contributed by atoms with Crippen molar-refractivity contribution in [2.24, 2.45) is 11.8 Å². The molecule has 1 aliphatic rings. The summed E-state index contributed by atoms with van der Waals surface area (Å²) in [5.41, 5.74) is 0. The maximum absolute atomic E-state index is 9.50. The van der Waals surface area contributed by atoms with Crippen LogP contribution in [0.25, 0.3) is 0 Å². The summed E-state index contributed by atoms with van der Waals surface area (Å²) in [5, 5.41) is 18.9. The third-order valence-corrected chi connectivity index (χ3v) is 2.73. The van der Waals surface area contributed by atoms with E-state index in [-0.39, 0.29) is 24.0 Å². The van der Waals surface area contributed by atoms with Crippen LogP contribution in [0.2, 0.25) is 0 Å². The zero-order valence-electron chi connectivity index (χ0n) is 7.73. The van der Waals surface area contributed by atoms with Gasteiger partial charge in [-0.15, -0.1) is 0 Å². The minimum atomic E-state index is -0.385. The fourth-order valence-corrected chi connectivity index (χ4v) is 1.97. The number of ether oxygens (including phenoxy) is 1. The number of aliphatic hydroxyl groups is 2. The molecule has 0 spiro atoms. The van der Waals surface area contributed by atoms with Crippen LogP contribution in [0.4, 0.5) is 0 Å². The van der Waals surface area contributed by atoms with E-state index in [2.05, 4.69) is 0 Å². The lowest BCUT2D eigenvalue weighted by molar-refractivity contribution is 0.0379. The molecule has 0 aliphatic carbocycles. The average molecular weight is 174 g/mol. The molecule has 0 aromatic rings. The van der Waals surface area contributed by atoms with E-state index in [0.29, 0.717) is 13.2 Å². The van der Waals surface area contributed by atoms with E-state index in [1.165, 1.54) is 0 Å². The topological polar surface area (TPSA) is 49.7 Å². The molecule has 3 heteroatoms. The van der Waals surface area contributed by atoms with Gasteiger partial charge in [-0.3, -0.25) is 0 Å². The SMILES string of the molecule is CCC(C(C)O)C1COCC1O. The van der Waals surface area contributed by atoms with E-state index in [9.17, 15) is 10.2 Å². The van der Waals surface area contributed by atoms with Gasteiger partial charge in [-0.1, -0.05) is 13.3 Å². The fraction of sp³-hybridized carbons (Fsp3) is 1.00. The van der Waals surface area contributed by atoms with Crippen molar-refractivity contribution in [1.82, 2.24) is 0 Å². The summed E-state index contributed by atoms with van der Waals surface area (Å²) >= 11 is 0. The third-order valence-electron chi connectivity index (χ3n) is 2.73. The van der Waals surface area contributed by atoms with Crippen molar-refractivity contribution in [2.45, 2.75) is 32.5 Å². The number of hydrogen-bond donors (Lipinski definition) is 2. The summed E-state index contributed by atoms with van der Waals surface area (Å²) in [6, 6.07) is 0. The largest absolute Gasteiger partial charge is 0.393 e. The van der Waals surface area contributed by atoms with Crippen LogP contribution in [0.1, 0.15) is 20.3 Å². The first kappa shape index (κ1) is 9.96. The quantitative estimate of drug-likeness (QED) is 0.651. The molecule has 4 atom stereocenters. The highest BCUT2D eigenvalue weighted by molar-refractivity contribution is 4.82. The lowest BCUT2D eigenvalue weighted by Gasteiger charge is -2.25. The van der Waals surface area contributed by atoms with E-state index >= 15 is 0 Å². The summed E-state index contributed by atoms with van der Waals surface area (Å²) in [5.74, 6) is 0.289. The van der Waals surface area contributed by atoms with E-state index in [0.717, 1.165) is 6.42 Å². The minimum absolute atomic E-state index is 0.120. The number of rotatable bonds is 3. The monoisotopic (exact) mass is 174 g/mol. The van der Waals surface area contributed by atoms with Gasteiger partial charge in [0.2, 0.25) is 0 Å². The van der Waals surface area contributed by atoms with Gasteiger partial charge in [0.1, 0.15) is 0 Å². The highest BCUT2D eigenvalue weighted by Crippen LogP contribution is 2.27. The molecule has 2 N–H and O–H groups in total. The molecule has 1 heterocycles. The standard InChI is InChI=1S/C9H18O3/c1-3-7(6(2)10)8-4-12-5-9(8)11/h6-11H,3-5H2,1-2H3. The van der Waals surface area contributed by atoms with Crippen LogP contribution < -0.4 is 0 Å². The van der Waals surface area contributed by atoms with Gasteiger partial charge < -0.3 is 14.9 Å². The smallest absolute Gasteiger partial charge is 0.0827 e. The Hall–Kier alpha value is -0.120. The van der Waals surface area contributed by atoms with E-state index in [1.807, 2.05) is 6.92 Å². The van der Waals surface area contributed by atoms with Crippen molar-refractivity contribution in [2.75, 3.05) is 13.2 Å². The fourth-order valence-electron chi connectivity index (χ4n) is 1.97. The lowest BCUT2D eigenvalue weighted by Crippen LogP contribution is -2.32. The second-order valence-electron chi connectivity index (χ2n) is 3.58. The Labute approximate surface area is 73.4 Å². The van der Waals surface area contributed by atoms with Crippen LogP contribution in [0.15, 0.2) is 0 Å². The van der Waals surface area contributed by atoms with Crippen LogP contribution in [0.5, 0.6) is 0 Å². The van der Waals surface area contributed by atoms with Gasteiger partial charge in [0.05, 0.1) is 25.4 Å². The Balaban J connectivity index is 2.52. The van der Waals surface area contributed by atoms with Gasteiger partial charge in [-0.2, -0.15) is 0 Å². The van der Waals surface area contributed by atoms with Gasteiger partial charge in [-0.05, 0) is 12.8 Å². The van der Waals surface area contributed by atoms with Crippen molar-refractivity contribution in [1.29, 1.82) is 0 Å². The summed E-state index contributed by atoms with van der Waals surface area (Å²) in [7, 11) is 0. The van der Waals surface area contributed by atoms with Gasteiger partial charge >= 0.3 is 0 Å². The predicted molar refractivity (Wildman–Crippen MR) is 45.8 cm³/mol. The van der Waals surface area contributed by atoms with Gasteiger partial charge in [-0.25, -0.2) is 0 Å². The molecule has 72 valence electrons. The Morgan fingerprint density at radius 1 is 1.50 bits per heavy atom. The maximum atomic E-state index is 9.50. The molecule has 0 bridgehead atoms. The van der Waals surface area contributed by atoms with Crippen molar-refractivity contribution >= 4 is 0 Å². The first-order chi connectivity index (χ1) is 5.66. The molecule has 0 saturated carbocycles. The average Bonchev–Trinajstić information content (AvgIpc) is 2.38. The molecule has 0 amide bonds. The molecule has 1 aliphatic heterocycles. The van der Waals surface area contributed by atoms with Crippen molar-refractivity contribution in [3.63, 3.8) is 0 Å². The Bertz CT molecular complexity index is 136. The second kappa shape index (κ2) is 4.21. The molecular weight excluding hydrogens is 156 g/mol. The minimum Gasteiger partial charge on any atom is -0.393 e. The maximum Gasteiger partial charge on any atom is 0.0827 e. The molecule has 3 nitrogen and oxygen atoms in total. The number of aliphatic hydroxyl groups excluding tert-OH is 2. The van der Waals surface area contributed by atoms with E-state index in [4.69, 9.17) is 4.74 Å². The molecule has 12 heavy (non-hydrogen) atoms. The highest BCUT2D eigenvalue weighted by Gasteiger charge is 2.34. The van der Waals surface area contributed by atoms with Crippen LogP contribution in [0.3, 0.4) is 0 Å². The predicted octanol–water partition coefficient (Wildman–Crippen LogP) is 0.401. The summed E-state index contributed by atoms with van der Waals surface area (Å²) in [6.45, 7) is 4.82. The summed E-state index contributed by atoms with van der Waals surface area (Å²) in [6.07, 6.45) is 0.156. The van der Waals surface area contributed by atoms with Gasteiger partial charge in [0.15, 0.2) is 0 Å². The molecule has 4 unspecified atom stereocenters. The summed E-state index contributed by atoms with van der Waals surface area (Å²) in [4.78, 5) is 0. The highest BCUT2D eigenvalue weighted by atomic mass is 16.5. The normalized spacial score (nSPS) is 35.0. The van der Waals surface area contributed by atoms with Gasteiger partial charge in [0.25, 0.3) is 0 Å². The van der Waals surface area contributed by atoms with Crippen molar-refractivity contribution < 1.29 is 14.9 Å². The number of hydrogen-bond acceptors (Lipinski definition) is 3. The Morgan fingerprint density at radius 3 is 2.50 bits per heavy atom. The second-order valence-corrected chi connectivity index (χ2v) is 3.58. The molecule has 0 aromatic carbocycles. The third kappa shape index (κ3) is 1.97.